The lowest BCUT2D eigenvalue weighted by molar-refractivity contribution is -0.115. The highest BCUT2D eigenvalue weighted by atomic mass is 32.2. The van der Waals surface area contributed by atoms with Crippen molar-refractivity contribution in [3.8, 4) is 0 Å². The number of thiazole rings is 1. The van der Waals surface area contributed by atoms with Gasteiger partial charge in [-0.05, 0) is 49.2 Å². The number of nitrogens with one attached hydrogen (secondary N) is 2. The van der Waals surface area contributed by atoms with E-state index in [2.05, 4.69) is 15.0 Å². The van der Waals surface area contributed by atoms with Crippen molar-refractivity contribution >= 4 is 43.2 Å². The third-order valence-corrected chi connectivity index (χ3v) is 6.18. The topological polar surface area (TPSA) is 88.2 Å². The van der Waals surface area contributed by atoms with Gasteiger partial charge in [0, 0.05) is 5.69 Å². The number of anilines is 1. The van der Waals surface area contributed by atoms with Crippen LogP contribution in [0.5, 0.6) is 0 Å². The van der Waals surface area contributed by atoms with Crippen molar-refractivity contribution in [1.29, 1.82) is 0 Å². The normalized spacial score (nSPS) is 11.6. The van der Waals surface area contributed by atoms with Crippen LogP contribution in [0.4, 0.5) is 5.69 Å². The highest BCUT2D eigenvalue weighted by Gasteiger charge is 2.17. The fraction of sp³-hybridized carbons (Fsp3) is 0.222. The van der Waals surface area contributed by atoms with Gasteiger partial charge in [0.1, 0.15) is 0 Å². The Balaban J connectivity index is 1.65. The number of rotatable bonds is 6. The number of amides is 1. The lowest BCUT2D eigenvalue weighted by atomic mass is 10.1. The zero-order valence-corrected chi connectivity index (χ0v) is 16.1. The van der Waals surface area contributed by atoms with E-state index < -0.39 is 15.9 Å². The predicted octanol–water partition coefficient (Wildman–Crippen LogP) is 3.08. The van der Waals surface area contributed by atoms with E-state index in [1.54, 1.807) is 24.3 Å². The molecule has 0 radical (unpaired) electrons. The summed E-state index contributed by atoms with van der Waals surface area (Å²) in [6, 6.07) is 12.2. The lowest BCUT2D eigenvalue weighted by Crippen LogP contribution is -2.32. The summed E-state index contributed by atoms with van der Waals surface area (Å²) in [6.45, 7) is 3.58. The molecule has 0 aliphatic carbocycles. The van der Waals surface area contributed by atoms with E-state index in [-0.39, 0.29) is 11.4 Å². The monoisotopic (exact) mass is 389 g/mol. The smallest absolute Gasteiger partial charge is 0.241 e. The number of sulfonamides is 1. The first kappa shape index (κ1) is 18.5. The maximum Gasteiger partial charge on any atom is 0.241 e. The van der Waals surface area contributed by atoms with E-state index >= 15 is 0 Å². The van der Waals surface area contributed by atoms with Gasteiger partial charge >= 0.3 is 0 Å². The summed E-state index contributed by atoms with van der Waals surface area (Å²) in [4.78, 5) is 16.4. The number of aromatic nitrogens is 1. The third kappa shape index (κ3) is 4.27. The van der Waals surface area contributed by atoms with Gasteiger partial charge in [0.25, 0.3) is 0 Å². The molecule has 0 saturated heterocycles. The van der Waals surface area contributed by atoms with Gasteiger partial charge in [0.2, 0.25) is 15.9 Å². The van der Waals surface area contributed by atoms with Crippen LogP contribution in [0.3, 0.4) is 0 Å². The predicted molar refractivity (Wildman–Crippen MR) is 104 cm³/mol. The minimum Gasteiger partial charge on any atom is -0.325 e. The standard InChI is InChI=1S/C18H19N3O3S2/c1-3-13-4-6-14(7-5-13)21-18(22)11-19-26(23,24)15-8-9-16-17(10-15)25-12(2)20-16/h4-10,19H,3,11H2,1-2H3,(H,21,22). The molecular formula is C18H19N3O3S2. The minimum absolute atomic E-state index is 0.119. The average Bonchev–Trinajstić information content (AvgIpc) is 3.00. The third-order valence-electron chi connectivity index (χ3n) is 3.85. The second kappa shape index (κ2) is 7.53. The van der Waals surface area contributed by atoms with Gasteiger partial charge in [0.05, 0.1) is 26.7 Å². The molecule has 8 heteroatoms. The van der Waals surface area contributed by atoms with Crippen LogP contribution in [-0.2, 0) is 21.2 Å². The molecular weight excluding hydrogens is 370 g/mol. The average molecular weight is 390 g/mol. The van der Waals surface area contributed by atoms with Gasteiger partial charge in [0.15, 0.2) is 0 Å². The van der Waals surface area contributed by atoms with Crippen LogP contribution < -0.4 is 10.0 Å². The van der Waals surface area contributed by atoms with Crippen molar-refractivity contribution in [3.05, 3.63) is 53.0 Å². The van der Waals surface area contributed by atoms with Gasteiger partial charge in [-0.1, -0.05) is 19.1 Å². The largest absolute Gasteiger partial charge is 0.325 e. The molecule has 0 saturated carbocycles. The van der Waals surface area contributed by atoms with Crippen molar-refractivity contribution in [3.63, 3.8) is 0 Å². The first-order valence-electron chi connectivity index (χ1n) is 8.13. The second-order valence-electron chi connectivity index (χ2n) is 5.79. The summed E-state index contributed by atoms with van der Waals surface area (Å²) in [5, 5.41) is 3.55. The van der Waals surface area contributed by atoms with Gasteiger partial charge in [-0.25, -0.2) is 18.1 Å². The number of hydrogen-bond donors (Lipinski definition) is 2. The second-order valence-corrected chi connectivity index (χ2v) is 8.79. The zero-order valence-electron chi connectivity index (χ0n) is 14.4. The molecule has 1 amide bonds. The van der Waals surface area contributed by atoms with Crippen molar-refractivity contribution in [1.82, 2.24) is 9.71 Å². The number of nitrogens with zero attached hydrogens (tertiary/aromatic N) is 1. The first-order valence-corrected chi connectivity index (χ1v) is 10.4. The molecule has 0 atom stereocenters. The van der Waals surface area contributed by atoms with Crippen LogP contribution >= 0.6 is 11.3 Å². The Kier molecular flexibility index (Phi) is 5.36. The maximum absolute atomic E-state index is 12.4. The van der Waals surface area contributed by atoms with Crippen LogP contribution in [0.25, 0.3) is 10.2 Å². The molecule has 0 spiro atoms. The van der Waals surface area contributed by atoms with E-state index in [1.165, 1.54) is 17.4 Å². The van der Waals surface area contributed by atoms with E-state index in [0.717, 1.165) is 27.2 Å². The van der Waals surface area contributed by atoms with Crippen molar-refractivity contribution in [2.24, 2.45) is 0 Å². The van der Waals surface area contributed by atoms with Crippen molar-refractivity contribution in [2.75, 3.05) is 11.9 Å². The molecule has 26 heavy (non-hydrogen) atoms. The number of aryl methyl sites for hydroxylation is 2. The quantitative estimate of drug-likeness (QED) is 0.678. The Bertz CT molecular complexity index is 1040. The van der Waals surface area contributed by atoms with E-state index in [0.29, 0.717) is 5.69 Å². The fourth-order valence-electron chi connectivity index (χ4n) is 2.46. The van der Waals surface area contributed by atoms with Crippen molar-refractivity contribution in [2.45, 2.75) is 25.2 Å². The van der Waals surface area contributed by atoms with Gasteiger partial charge < -0.3 is 5.32 Å². The number of carbonyl (C=O) groups excluding carboxylic acids is 1. The van der Waals surface area contributed by atoms with Gasteiger partial charge in [-0.2, -0.15) is 0 Å². The Morgan fingerprint density at radius 1 is 1.15 bits per heavy atom. The molecule has 3 aromatic rings. The highest BCUT2D eigenvalue weighted by molar-refractivity contribution is 7.89. The Hall–Kier alpha value is -2.29. The summed E-state index contributed by atoms with van der Waals surface area (Å²) in [5.41, 5.74) is 2.56. The molecule has 136 valence electrons. The van der Waals surface area contributed by atoms with Crippen LogP contribution in [0.15, 0.2) is 47.4 Å². The molecule has 6 nitrogen and oxygen atoms in total. The molecule has 0 aliphatic rings. The lowest BCUT2D eigenvalue weighted by Gasteiger charge is -2.08. The van der Waals surface area contributed by atoms with Crippen LogP contribution in [0, 0.1) is 6.92 Å². The summed E-state index contributed by atoms with van der Waals surface area (Å²) >= 11 is 1.43. The number of benzene rings is 2. The molecule has 0 unspecified atom stereocenters. The number of hydrogen-bond acceptors (Lipinski definition) is 5. The summed E-state index contributed by atoms with van der Waals surface area (Å²) in [5.74, 6) is -0.424. The van der Waals surface area contributed by atoms with E-state index in [1.807, 2.05) is 26.0 Å². The summed E-state index contributed by atoms with van der Waals surface area (Å²) in [6.07, 6.45) is 0.914. The van der Waals surface area contributed by atoms with Crippen LogP contribution in [0.2, 0.25) is 0 Å². The SMILES string of the molecule is CCc1ccc(NC(=O)CNS(=O)(=O)c2ccc3nc(C)sc3c2)cc1. The summed E-state index contributed by atoms with van der Waals surface area (Å²) < 4.78 is 28.0. The molecule has 0 fully saturated rings. The van der Waals surface area contributed by atoms with Crippen LogP contribution in [-0.4, -0.2) is 25.9 Å². The summed E-state index contributed by atoms with van der Waals surface area (Å²) in [7, 11) is -3.77. The van der Waals surface area contributed by atoms with Gasteiger partial charge in [-0.3, -0.25) is 4.79 Å². The molecule has 3 rings (SSSR count). The van der Waals surface area contributed by atoms with E-state index in [4.69, 9.17) is 0 Å². The number of carbonyl (C=O) groups is 1. The zero-order chi connectivity index (χ0) is 18.7. The molecule has 1 aromatic heterocycles. The Labute approximate surface area is 156 Å². The fourth-order valence-corrected chi connectivity index (χ4v) is 4.41. The molecule has 0 bridgehead atoms. The van der Waals surface area contributed by atoms with Crippen LogP contribution in [0.1, 0.15) is 17.5 Å². The van der Waals surface area contributed by atoms with Crippen molar-refractivity contribution < 1.29 is 13.2 Å². The molecule has 2 N–H and O–H groups in total. The molecule has 2 aromatic carbocycles. The minimum atomic E-state index is -3.77. The Morgan fingerprint density at radius 2 is 1.88 bits per heavy atom. The number of fused-ring (bicyclic) bond motifs is 1. The molecule has 1 heterocycles. The highest BCUT2D eigenvalue weighted by Crippen LogP contribution is 2.24. The van der Waals surface area contributed by atoms with E-state index in [9.17, 15) is 13.2 Å². The maximum atomic E-state index is 12.4. The molecule has 0 aliphatic heterocycles. The van der Waals surface area contributed by atoms with Gasteiger partial charge in [-0.15, -0.1) is 11.3 Å². The first-order chi connectivity index (χ1) is 12.4. The Morgan fingerprint density at radius 3 is 2.58 bits per heavy atom.